The van der Waals surface area contributed by atoms with Crippen molar-refractivity contribution in [2.24, 2.45) is 0 Å². The lowest BCUT2D eigenvalue weighted by atomic mass is 9.89. The molecule has 0 spiro atoms. The van der Waals surface area contributed by atoms with Crippen molar-refractivity contribution in [3.05, 3.63) is 53.5 Å². The molecule has 0 aliphatic carbocycles. The molecule has 3 aliphatic rings. The number of aryl methyl sites for hydroxylation is 1. The summed E-state index contributed by atoms with van der Waals surface area (Å²) in [5.41, 5.74) is 2.80. The first-order valence-corrected chi connectivity index (χ1v) is 11.5. The topological polar surface area (TPSA) is 116 Å². The number of imide groups is 1. The largest absolute Gasteiger partial charge is 0.481 e. The Bertz CT molecular complexity index is 1050. The van der Waals surface area contributed by atoms with E-state index in [4.69, 9.17) is 4.98 Å². The molecule has 1 atom stereocenters. The number of carboxylic acids is 1. The lowest BCUT2D eigenvalue weighted by molar-refractivity contribution is -0.169. The van der Waals surface area contributed by atoms with Gasteiger partial charge in [0.25, 0.3) is 11.8 Å². The summed E-state index contributed by atoms with van der Waals surface area (Å²) < 4.78 is 0. The summed E-state index contributed by atoms with van der Waals surface area (Å²) in [5.74, 6) is -1.40. The van der Waals surface area contributed by atoms with E-state index >= 15 is 0 Å². The Morgan fingerprint density at radius 2 is 1.97 bits per heavy atom. The number of aliphatic carboxylic acids is 1. The van der Waals surface area contributed by atoms with Gasteiger partial charge in [-0.05, 0) is 48.9 Å². The molecule has 2 N–H and O–H groups in total. The molecular formula is C24H27N5O4. The van der Waals surface area contributed by atoms with Crippen molar-refractivity contribution in [3.8, 4) is 0 Å². The fourth-order valence-corrected chi connectivity index (χ4v) is 5.05. The number of rotatable bonds is 6. The van der Waals surface area contributed by atoms with E-state index in [9.17, 15) is 19.5 Å². The fraction of sp³-hybridized carbons (Fsp3) is 0.458. The Hall–Kier alpha value is -3.33. The SMILES string of the molecule is O=C(O)[C@H](CN1C(=O)C(N2CCC(c3ccc4c(n3)NCCC4)CC2)C1=O)c1cccnc1. The Kier molecular flexibility index (Phi) is 5.80. The van der Waals surface area contributed by atoms with Gasteiger partial charge in [-0.2, -0.15) is 0 Å². The van der Waals surface area contributed by atoms with E-state index in [-0.39, 0.29) is 18.4 Å². The number of anilines is 1. The molecule has 0 aromatic carbocycles. The number of hydrogen-bond acceptors (Lipinski definition) is 7. The molecule has 0 bridgehead atoms. The number of pyridine rings is 2. The summed E-state index contributed by atoms with van der Waals surface area (Å²) in [6.07, 6.45) is 6.85. The third-order valence-corrected chi connectivity index (χ3v) is 6.98. The maximum absolute atomic E-state index is 12.8. The van der Waals surface area contributed by atoms with Crippen LogP contribution in [0.15, 0.2) is 36.7 Å². The second kappa shape index (κ2) is 8.90. The molecule has 2 fully saturated rings. The Morgan fingerprint density at radius 1 is 1.18 bits per heavy atom. The van der Waals surface area contributed by atoms with Gasteiger partial charge < -0.3 is 10.4 Å². The van der Waals surface area contributed by atoms with E-state index in [1.54, 1.807) is 18.3 Å². The van der Waals surface area contributed by atoms with Crippen LogP contribution in [0.1, 0.15) is 47.9 Å². The van der Waals surface area contributed by atoms with Gasteiger partial charge in [-0.1, -0.05) is 12.1 Å². The monoisotopic (exact) mass is 449 g/mol. The van der Waals surface area contributed by atoms with Gasteiger partial charge in [0.15, 0.2) is 6.04 Å². The van der Waals surface area contributed by atoms with Gasteiger partial charge in [0.2, 0.25) is 0 Å². The highest BCUT2D eigenvalue weighted by atomic mass is 16.4. The molecular weight excluding hydrogens is 422 g/mol. The lowest BCUT2D eigenvalue weighted by Crippen LogP contribution is -2.69. The summed E-state index contributed by atoms with van der Waals surface area (Å²) in [4.78, 5) is 49.1. The van der Waals surface area contributed by atoms with Crippen LogP contribution in [-0.4, -0.2) is 74.9 Å². The van der Waals surface area contributed by atoms with Crippen molar-refractivity contribution < 1.29 is 19.5 Å². The quantitative estimate of drug-likeness (QED) is 0.505. The molecule has 5 rings (SSSR count). The number of carbonyl (C=O) groups excluding carboxylic acids is 2. The molecule has 33 heavy (non-hydrogen) atoms. The smallest absolute Gasteiger partial charge is 0.312 e. The summed E-state index contributed by atoms with van der Waals surface area (Å²) in [6, 6.07) is 6.76. The minimum absolute atomic E-state index is 0.169. The molecule has 2 amide bonds. The van der Waals surface area contributed by atoms with Crippen LogP contribution in [-0.2, 0) is 20.8 Å². The lowest BCUT2D eigenvalue weighted by Gasteiger charge is -2.45. The Labute approximate surface area is 191 Å². The van der Waals surface area contributed by atoms with Crippen LogP contribution in [0, 0.1) is 0 Å². The number of carbonyl (C=O) groups is 3. The van der Waals surface area contributed by atoms with Gasteiger partial charge >= 0.3 is 5.97 Å². The van der Waals surface area contributed by atoms with Crippen molar-refractivity contribution >= 4 is 23.6 Å². The number of piperidine rings is 1. The number of nitrogens with one attached hydrogen (secondary N) is 1. The summed E-state index contributed by atoms with van der Waals surface area (Å²) in [7, 11) is 0. The number of likely N-dealkylation sites (tertiary alicyclic amines) is 2. The zero-order chi connectivity index (χ0) is 22.9. The van der Waals surface area contributed by atoms with E-state index in [1.807, 2.05) is 4.90 Å². The average molecular weight is 450 g/mol. The van der Waals surface area contributed by atoms with Crippen LogP contribution in [0.2, 0.25) is 0 Å². The number of carboxylic acid groups (broad SMARTS) is 1. The molecule has 0 radical (unpaired) electrons. The normalized spacial score (nSPS) is 20.7. The molecule has 9 nitrogen and oxygen atoms in total. The van der Waals surface area contributed by atoms with Crippen molar-refractivity contribution in [2.75, 3.05) is 31.5 Å². The van der Waals surface area contributed by atoms with Crippen LogP contribution in [0.4, 0.5) is 5.82 Å². The second-order valence-corrected chi connectivity index (χ2v) is 8.95. The van der Waals surface area contributed by atoms with Crippen LogP contribution >= 0.6 is 0 Å². The van der Waals surface area contributed by atoms with E-state index in [1.165, 1.54) is 11.8 Å². The van der Waals surface area contributed by atoms with E-state index in [0.29, 0.717) is 24.6 Å². The molecule has 3 aliphatic heterocycles. The molecule has 2 saturated heterocycles. The van der Waals surface area contributed by atoms with Crippen molar-refractivity contribution in [1.29, 1.82) is 0 Å². The standard InChI is InChI=1S/C24H27N5O4/c30-22-20(23(31)29(22)14-18(24(32)33)17-4-1-9-25-13-17)28-11-7-15(8-12-28)19-6-5-16-3-2-10-26-21(16)27-19/h1,4-6,9,13,15,18,20H,2-3,7-8,10-12,14H2,(H,26,27)(H,32,33)/t18-/m1/s1. The summed E-state index contributed by atoms with van der Waals surface area (Å²) in [6.45, 7) is 2.06. The highest BCUT2D eigenvalue weighted by Crippen LogP contribution is 2.33. The van der Waals surface area contributed by atoms with Crippen molar-refractivity contribution in [2.45, 2.75) is 43.6 Å². The maximum Gasteiger partial charge on any atom is 0.312 e. The zero-order valence-corrected chi connectivity index (χ0v) is 18.3. The van der Waals surface area contributed by atoms with E-state index < -0.39 is 17.9 Å². The highest BCUT2D eigenvalue weighted by Gasteiger charge is 2.51. The number of fused-ring (bicyclic) bond motifs is 1. The van der Waals surface area contributed by atoms with Crippen LogP contribution < -0.4 is 5.32 Å². The van der Waals surface area contributed by atoms with Crippen LogP contribution in [0.25, 0.3) is 0 Å². The molecule has 0 saturated carbocycles. The van der Waals surface area contributed by atoms with Gasteiger partial charge in [0, 0.05) is 50.2 Å². The third-order valence-electron chi connectivity index (χ3n) is 6.98. The predicted molar refractivity (Wildman–Crippen MR) is 120 cm³/mol. The van der Waals surface area contributed by atoms with Crippen LogP contribution in [0.3, 0.4) is 0 Å². The minimum atomic E-state index is -1.08. The molecule has 172 valence electrons. The minimum Gasteiger partial charge on any atom is -0.481 e. The number of nitrogens with zero attached hydrogens (tertiary/aromatic N) is 4. The fourth-order valence-electron chi connectivity index (χ4n) is 5.05. The van der Waals surface area contributed by atoms with Crippen molar-refractivity contribution in [3.63, 3.8) is 0 Å². The first kappa shape index (κ1) is 21.5. The third kappa shape index (κ3) is 4.08. The Balaban J connectivity index is 1.19. The number of aromatic nitrogens is 2. The number of amides is 2. The summed E-state index contributed by atoms with van der Waals surface area (Å²) >= 11 is 0. The molecule has 2 aromatic heterocycles. The number of β-lactam (4-membered cyclic amide) rings is 2. The van der Waals surface area contributed by atoms with E-state index in [0.717, 1.165) is 48.6 Å². The van der Waals surface area contributed by atoms with Crippen molar-refractivity contribution in [1.82, 2.24) is 19.8 Å². The zero-order valence-electron chi connectivity index (χ0n) is 18.3. The van der Waals surface area contributed by atoms with Gasteiger partial charge in [-0.25, -0.2) is 4.98 Å². The second-order valence-electron chi connectivity index (χ2n) is 8.95. The van der Waals surface area contributed by atoms with Gasteiger partial charge in [-0.3, -0.25) is 29.2 Å². The number of hydrogen-bond donors (Lipinski definition) is 2. The molecule has 0 unspecified atom stereocenters. The Morgan fingerprint density at radius 3 is 2.67 bits per heavy atom. The van der Waals surface area contributed by atoms with Gasteiger partial charge in [-0.15, -0.1) is 0 Å². The van der Waals surface area contributed by atoms with E-state index in [2.05, 4.69) is 22.4 Å². The average Bonchev–Trinajstić information content (AvgIpc) is 2.85. The maximum atomic E-state index is 12.8. The molecule has 2 aromatic rings. The molecule has 5 heterocycles. The highest BCUT2D eigenvalue weighted by molar-refractivity contribution is 6.21. The summed E-state index contributed by atoms with van der Waals surface area (Å²) in [5, 5.41) is 13.0. The predicted octanol–water partition coefficient (Wildman–Crippen LogP) is 1.62. The first-order valence-electron chi connectivity index (χ1n) is 11.5. The molecule has 9 heteroatoms. The van der Waals surface area contributed by atoms with Gasteiger partial charge in [0.05, 0.1) is 0 Å². The van der Waals surface area contributed by atoms with Gasteiger partial charge in [0.1, 0.15) is 11.7 Å². The van der Waals surface area contributed by atoms with Crippen LogP contribution in [0.5, 0.6) is 0 Å². The first-order chi connectivity index (χ1) is 16.0.